The number of aliphatic hydroxyl groups is 1. The highest BCUT2D eigenvalue weighted by Crippen LogP contribution is 2.29. The van der Waals surface area contributed by atoms with Crippen LogP contribution in [-0.4, -0.2) is 51.1 Å². The molecule has 0 aliphatic rings. The van der Waals surface area contributed by atoms with Crippen LogP contribution in [0.15, 0.2) is 41.2 Å². The number of pyridine rings is 1. The second-order valence-corrected chi connectivity index (χ2v) is 7.74. The molecule has 176 valence electrons. The third-order valence-electron chi connectivity index (χ3n) is 5.30. The van der Waals surface area contributed by atoms with Crippen LogP contribution in [0.25, 0.3) is 33.3 Å². The quantitative estimate of drug-likeness (QED) is 0.241. The number of carbonyl (C=O) groups is 2. The monoisotopic (exact) mass is 466 g/mol. The standard InChI is InChI=1S/C23H23FN6O4/c1-2-26-17(32)9-12(31)10-27-22(33)11-6-7-14-16(8-11)29-21(28-14)19-20(25)18-13(24)4-3-5-15(18)30-23(19)34/h3-8,12,31H,2,9-10H2,1H3,(H,26,32)(H,27,33)(H,28,29)(H3,25,30,34). The van der Waals surface area contributed by atoms with Crippen LogP contribution in [0.3, 0.4) is 0 Å². The maximum Gasteiger partial charge on any atom is 0.261 e. The Morgan fingerprint density at radius 2 is 1.97 bits per heavy atom. The van der Waals surface area contributed by atoms with Crippen LogP contribution in [0.4, 0.5) is 10.1 Å². The number of aromatic nitrogens is 3. The minimum absolute atomic E-state index is 0.00622. The zero-order valence-corrected chi connectivity index (χ0v) is 18.2. The van der Waals surface area contributed by atoms with E-state index in [1.807, 2.05) is 0 Å². The summed E-state index contributed by atoms with van der Waals surface area (Å²) in [6, 6.07) is 8.92. The Bertz CT molecular complexity index is 1460. The fourth-order valence-electron chi connectivity index (χ4n) is 3.71. The fourth-order valence-corrected chi connectivity index (χ4v) is 3.71. The molecule has 1 unspecified atom stereocenters. The van der Waals surface area contributed by atoms with E-state index in [2.05, 4.69) is 25.6 Å². The number of nitrogen functional groups attached to an aromatic ring is 1. The van der Waals surface area contributed by atoms with Gasteiger partial charge in [-0.2, -0.15) is 0 Å². The van der Waals surface area contributed by atoms with Crippen molar-refractivity contribution >= 4 is 39.4 Å². The van der Waals surface area contributed by atoms with Gasteiger partial charge in [-0.25, -0.2) is 9.37 Å². The number of amides is 2. The first kappa shape index (κ1) is 22.9. The Kier molecular flexibility index (Phi) is 6.28. The minimum atomic E-state index is -1.03. The normalized spacial score (nSPS) is 12.1. The van der Waals surface area contributed by atoms with Crippen LogP contribution in [0.2, 0.25) is 0 Å². The van der Waals surface area contributed by atoms with Crippen molar-refractivity contribution in [3.05, 3.63) is 58.1 Å². The van der Waals surface area contributed by atoms with E-state index in [0.29, 0.717) is 17.6 Å². The van der Waals surface area contributed by atoms with Crippen molar-refractivity contribution in [1.82, 2.24) is 25.6 Å². The van der Waals surface area contributed by atoms with Crippen molar-refractivity contribution < 1.29 is 19.1 Å². The van der Waals surface area contributed by atoms with E-state index < -0.39 is 23.4 Å². The Morgan fingerprint density at radius 1 is 1.18 bits per heavy atom. The lowest BCUT2D eigenvalue weighted by Crippen LogP contribution is -2.35. The second kappa shape index (κ2) is 9.32. The molecule has 0 saturated carbocycles. The predicted molar refractivity (Wildman–Crippen MR) is 126 cm³/mol. The zero-order valence-electron chi connectivity index (χ0n) is 18.2. The van der Waals surface area contributed by atoms with Gasteiger partial charge in [-0.3, -0.25) is 14.4 Å². The summed E-state index contributed by atoms with van der Waals surface area (Å²) in [5.74, 6) is -1.21. The fraction of sp³-hybridized carbons (Fsp3) is 0.217. The van der Waals surface area contributed by atoms with Crippen molar-refractivity contribution in [3.63, 3.8) is 0 Å². The summed E-state index contributed by atoms with van der Waals surface area (Å²) in [7, 11) is 0. The van der Waals surface area contributed by atoms with E-state index in [0.717, 1.165) is 0 Å². The molecule has 4 aromatic rings. The van der Waals surface area contributed by atoms with Crippen LogP contribution < -0.4 is 21.9 Å². The molecule has 0 fully saturated rings. The Labute approximate surface area is 192 Å². The van der Waals surface area contributed by atoms with Crippen molar-refractivity contribution in [1.29, 1.82) is 0 Å². The molecule has 0 saturated heterocycles. The largest absolute Gasteiger partial charge is 0.397 e. The molecule has 0 aliphatic heterocycles. The molecular weight excluding hydrogens is 443 g/mol. The first-order chi connectivity index (χ1) is 16.3. The van der Waals surface area contributed by atoms with E-state index >= 15 is 0 Å². The van der Waals surface area contributed by atoms with Gasteiger partial charge in [0.1, 0.15) is 17.2 Å². The van der Waals surface area contributed by atoms with Crippen LogP contribution in [-0.2, 0) is 4.79 Å². The van der Waals surface area contributed by atoms with E-state index in [9.17, 15) is 23.9 Å². The van der Waals surface area contributed by atoms with Crippen LogP contribution in [0.5, 0.6) is 0 Å². The second-order valence-electron chi connectivity index (χ2n) is 7.74. The molecule has 1 atom stereocenters. The maximum absolute atomic E-state index is 14.3. The van der Waals surface area contributed by atoms with Crippen molar-refractivity contribution in [2.24, 2.45) is 0 Å². The van der Waals surface area contributed by atoms with Gasteiger partial charge in [0.05, 0.1) is 40.1 Å². The van der Waals surface area contributed by atoms with E-state index in [-0.39, 0.29) is 52.4 Å². The number of nitrogens with two attached hydrogens (primary N) is 1. The van der Waals surface area contributed by atoms with E-state index in [1.54, 1.807) is 19.1 Å². The van der Waals surface area contributed by atoms with Crippen LogP contribution >= 0.6 is 0 Å². The lowest BCUT2D eigenvalue weighted by Gasteiger charge is -2.11. The number of nitrogens with one attached hydrogen (secondary N) is 4. The number of carbonyl (C=O) groups excluding carboxylic acids is 2. The topological polar surface area (TPSA) is 166 Å². The Morgan fingerprint density at radius 3 is 2.74 bits per heavy atom. The van der Waals surface area contributed by atoms with Gasteiger partial charge in [-0.15, -0.1) is 0 Å². The Balaban J connectivity index is 1.59. The predicted octanol–water partition coefficient (Wildman–Crippen LogP) is 1.41. The SMILES string of the molecule is CCNC(=O)CC(O)CNC(=O)c1ccc2nc(-c3c(N)c4c(F)cccc4[nH]c3=O)[nH]c2c1. The van der Waals surface area contributed by atoms with Gasteiger partial charge < -0.3 is 31.4 Å². The first-order valence-corrected chi connectivity index (χ1v) is 10.6. The molecular formula is C23H23FN6O4. The van der Waals surface area contributed by atoms with Gasteiger partial charge in [0.2, 0.25) is 5.91 Å². The van der Waals surface area contributed by atoms with Gasteiger partial charge in [-0.1, -0.05) is 6.07 Å². The average molecular weight is 466 g/mol. The lowest BCUT2D eigenvalue weighted by molar-refractivity contribution is -0.122. The van der Waals surface area contributed by atoms with Crippen molar-refractivity contribution in [2.75, 3.05) is 18.8 Å². The third kappa shape index (κ3) is 4.46. The van der Waals surface area contributed by atoms with Crippen molar-refractivity contribution in [3.8, 4) is 11.4 Å². The first-order valence-electron chi connectivity index (χ1n) is 10.6. The average Bonchev–Trinajstić information content (AvgIpc) is 3.20. The number of rotatable bonds is 7. The van der Waals surface area contributed by atoms with Gasteiger partial charge in [0, 0.05) is 18.7 Å². The molecule has 0 aliphatic carbocycles. The lowest BCUT2D eigenvalue weighted by atomic mass is 10.1. The summed E-state index contributed by atoms with van der Waals surface area (Å²) >= 11 is 0. The van der Waals surface area contributed by atoms with Crippen LogP contribution in [0.1, 0.15) is 23.7 Å². The Hall–Kier alpha value is -4.25. The van der Waals surface area contributed by atoms with Gasteiger partial charge in [-0.05, 0) is 37.3 Å². The molecule has 4 rings (SSSR count). The summed E-state index contributed by atoms with van der Waals surface area (Å²) in [6.07, 6.45) is -1.15. The summed E-state index contributed by atoms with van der Waals surface area (Å²) < 4.78 is 14.3. The molecule has 2 amide bonds. The number of hydrogen-bond acceptors (Lipinski definition) is 6. The number of aliphatic hydroxyl groups excluding tert-OH is 1. The highest BCUT2D eigenvalue weighted by Gasteiger charge is 2.19. The number of nitrogens with zero attached hydrogens (tertiary/aromatic N) is 1. The van der Waals surface area contributed by atoms with Gasteiger partial charge in [0.25, 0.3) is 11.5 Å². The third-order valence-corrected chi connectivity index (χ3v) is 5.30. The molecule has 11 heteroatoms. The smallest absolute Gasteiger partial charge is 0.261 e. The number of hydrogen-bond donors (Lipinski definition) is 6. The highest BCUT2D eigenvalue weighted by atomic mass is 19.1. The van der Waals surface area contributed by atoms with E-state index in [4.69, 9.17) is 5.73 Å². The summed E-state index contributed by atoms with van der Waals surface area (Å²) in [5.41, 5.74) is 7.03. The molecule has 0 bridgehead atoms. The molecule has 34 heavy (non-hydrogen) atoms. The van der Waals surface area contributed by atoms with Gasteiger partial charge in [0.15, 0.2) is 0 Å². The summed E-state index contributed by atoms with van der Waals surface area (Å²) in [5, 5.41) is 15.2. The number of halogens is 1. The number of benzene rings is 2. The molecule has 10 nitrogen and oxygen atoms in total. The molecule has 2 aromatic heterocycles. The minimum Gasteiger partial charge on any atom is -0.397 e. The number of aromatic amines is 2. The van der Waals surface area contributed by atoms with Crippen LogP contribution in [0, 0.1) is 5.82 Å². The number of anilines is 1. The number of imidazole rings is 1. The number of fused-ring (bicyclic) bond motifs is 2. The molecule has 2 aromatic carbocycles. The zero-order chi connectivity index (χ0) is 24.4. The molecule has 7 N–H and O–H groups in total. The number of H-pyrrole nitrogens is 2. The molecule has 0 radical (unpaired) electrons. The summed E-state index contributed by atoms with van der Waals surface area (Å²) in [6.45, 7) is 2.12. The summed E-state index contributed by atoms with van der Waals surface area (Å²) in [4.78, 5) is 46.6. The maximum atomic E-state index is 14.3. The molecule has 2 heterocycles. The van der Waals surface area contributed by atoms with Crippen molar-refractivity contribution in [2.45, 2.75) is 19.4 Å². The van der Waals surface area contributed by atoms with Gasteiger partial charge >= 0.3 is 0 Å². The highest BCUT2D eigenvalue weighted by molar-refractivity contribution is 6.00. The molecule has 0 spiro atoms. The van der Waals surface area contributed by atoms with E-state index in [1.165, 1.54) is 24.3 Å².